The Labute approximate surface area is 106 Å². The number of aromatic amines is 1. The highest BCUT2D eigenvalue weighted by atomic mass is 32.1. The Morgan fingerprint density at radius 1 is 1.11 bits per heavy atom. The third-order valence-electron chi connectivity index (χ3n) is 3.14. The lowest BCUT2D eigenvalue weighted by molar-refractivity contribution is 1.31. The van der Waals surface area contributed by atoms with Gasteiger partial charge in [-0.1, -0.05) is 18.2 Å². The number of rotatable bonds is 0. The Hall–Kier alpha value is -2.20. The molecule has 1 N–H and O–H groups in total. The van der Waals surface area contributed by atoms with Crippen LogP contribution in [-0.2, 0) is 0 Å². The summed E-state index contributed by atoms with van der Waals surface area (Å²) < 4.78 is 1.91. The van der Waals surface area contributed by atoms with E-state index in [1.54, 1.807) is 6.20 Å². The van der Waals surface area contributed by atoms with Crippen molar-refractivity contribution >= 4 is 42.4 Å². The first-order valence-corrected chi connectivity index (χ1v) is 6.43. The van der Waals surface area contributed by atoms with Crippen LogP contribution >= 0.6 is 11.3 Å². The molecule has 0 aliphatic heterocycles. The van der Waals surface area contributed by atoms with Gasteiger partial charge in [-0.25, -0.2) is 0 Å². The molecule has 0 unspecified atom stereocenters. The van der Waals surface area contributed by atoms with Gasteiger partial charge in [-0.15, -0.1) is 11.3 Å². The van der Waals surface area contributed by atoms with Crippen LogP contribution in [0.4, 0.5) is 0 Å². The summed E-state index contributed by atoms with van der Waals surface area (Å²) in [7, 11) is 0. The number of hydrogen-bond donors (Lipinski definition) is 1. The number of nitrogens with zero attached hydrogens (tertiary/aromatic N) is 1. The second-order valence-corrected chi connectivity index (χ2v) is 5.23. The van der Waals surface area contributed by atoms with Crippen LogP contribution in [0, 0.1) is 0 Å². The van der Waals surface area contributed by atoms with Crippen LogP contribution < -0.4 is 5.56 Å². The standard InChI is InChI=1S/C14H8N2OS/c17-14-13-12(8-3-1-2-4-11(8)18-13)9-7-15-6-5-10(9)16-14/h1-7H,(H,16,17). The predicted molar refractivity (Wildman–Crippen MR) is 75.3 cm³/mol. The molecule has 0 aliphatic carbocycles. The van der Waals surface area contributed by atoms with Crippen molar-refractivity contribution in [2.24, 2.45) is 0 Å². The van der Waals surface area contributed by atoms with Gasteiger partial charge in [0, 0.05) is 33.3 Å². The maximum atomic E-state index is 12.1. The first-order valence-electron chi connectivity index (χ1n) is 5.62. The molecule has 0 radical (unpaired) electrons. The molecule has 0 saturated carbocycles. The van der Waals surface area contributed by atoms with Crippen LogP contribution in [0.2, 0.25) is 0 Å². The molecule has 4 rings (SSSR count). The van der Waals surface area contributed by atoms with Crippen molar-refractivity contribution in [3.8, 4) is 0 Å². The monoisotopic (exact) mass is 252 g/mol. The Morgan fingerprint density at radius 2 is 2.00 bits per heavy atom. The summed E-state index contributed by atoms with van der Waals surface area (Å²) in [4.78, 5) is 19.2. The third-order valence-corrected chi connectivity index (χ3v) is 4.31. The molecule has 3 heterocycles. The number of fused-ring (bicyclic) bond motifs is 5. The van der Waals surface area contributed by atoms with Gasteiger partial charge in [0.05, 0.1) is 5.52 Å². The van der Waals surface area contributed by atoms with Crippen LogP contribution in [0.15, 0.2) is 47.5 Å². The predicted octanol–water partition coefficient (Wildman–Crippen LogP) is 3.29. The fourth-order valence-corrected chi connectivity index (χ4v) is 3.47. The molecule has 1 aromatic carbocycles. The fourth-order valence-electron chi connectivity index (χ4n) is 2.35. The SMILES string of the molecule is O=c1[nH]c2ccncc2c2c1sc1ccccc12. The molecule has 3 nitrogen and oxygen atoms in total. The van der Waals surface area contributed by atoms with Gasteiger partial charge in [-0.05, 0) is 12.1 Å². The molecule has 0 spiro atoms. The van der Waals surface area contributed by atoms with Crippen LogP contribution in [0.1, 0.15) is 0 Å². The van der Waals surface area contributed by atoms with E-state index in [-0.39, 0.29) is 5.56 Å². The lowest BCUT2D eigenvalue weighted by Crippen LogP contribution is -2.04. The highest BCUT2D eigenvalue weighted by Crippen LogP contribution is 2.34. The van der Waals surface area contributed by atoms with Gasteiger partial charge in [-0.3, -0.25) is 9.78 Å². The lowest BCUT2D eigenvalue weighted by atomic mass is 10.1. The van der Waals surface area contributed by atoms with E-state index < -0.39 is 0 Å². The topological polar surface area (TPSA) is 45.8 Å². The molecule has 0 atom stereocenters. The summed E-state index contributed by atoms with van der Waals surface area (Å²) in [6, 6.07) is 9.93. The number of nitrogens with one attached hydrogen (secondary N) is 1. The number of H-pyrrole nitrogens is 1. The Kier molecular flexibility index (Phi) is 1.85. The van der Waals surface area contributed by atoms with E-state index in [0.29, 0.717) is 0 Å². The minimum Gasteiger partial charge on any atom is -0.321 e. The zero-order valence-electron chi connectivity index (χ0n) is 9.31. The van der Waals surface area contributed by atoms with E-state index in [0.717, 1.165) is 31.1 Å². The fraction of sp³-hybridized carbons (Fsp3) is 0. The smallest absolute Gasteiger partial charge is 0.266 e. The number of pyridine rings is 2. The van der Waals surface area contributed by atoms with Gasteiger partial charge in [0.2, 0.25) is 0 Å². The van der Waals surface area contributed by atoms with E-state index in [9.17, 15) is 4.79 Å². The van der Waals surface area contributed by atoms with Crippen molar-refractivity contribution in [1.29, 1.82) is 0 Å². The average molecular weight is 252 g/mol. The minimum atomic E-state index is -0.0232. The zero-order valence-corrected chi connectivity index (χ0v) is 10.1. The van der Waals surface area contributed by atoms with Gasteiger partial charge < -0.3 is 4.98 Å². The Morgan fingerprint density at radius 3 is 2.94 bits per heavy atom. The highest BCUT2D eigenvalue weighted by Gasteiger charge is 2.11. The van der Waals surface area contributed by atoms with Crippen molar-refractivity contribution in [2.75, 3.05) is 0 Å². The van der Waals surface area contributed by atoms with E-state index in [4.69, 9.17) is 0 Å². The minimum absolute atomic E-state index is 0.0232. The lowest BCUT2D eigenvalue weighted by Gasteiger charge is -1.98. The molecular weight excluding hydrogens is 244 g/mol. The van der Waals surface area contributed by atoms with Crippen molar-refractivity contribution in [3.05, 3.63) is 53.1 Å². The van der Waals surface area contributed by atoms with Crippen molar-refractivity contribution in [1.82, 2.24) is 9.97 Å². The van der Waals surface area contributed by atoms with Gasteiger partial charge in [0.15, 0.2) is 0 Å². The summed E-state index contributed by atoms with van der Waals surface area (Å²) in [6.07, 6.45) is 3.51. The average Bonchev–Trinajstić information content (AvgIpc) is 2.79. The van der Waals surface area contributed by atoms with Gasteiger partial charge in [0.25, 0.3) is 5.56 Å². The molecular formula is C14H8N2OS. The largest absolute Gasteiger partial charge is 0.321 e. The van der Waals surface area contributed by atoms with Gasteiger partial charge in [-0.2, -0.15) is 0 Å². The number of hydrogen-bond acceptors (Lipinski definition) is 3. The Bertz CT molecular complexity index is 952. The summed E-state index contributed by atoms with van der Waals surface area (Å²) in [5, 5.41) is 3.15. The normalized spacial score (nSPS) is 11.6. The maximum Gasteiger partial charge on any atom is 0.266 e. The van der Waals surface area contributed by atoms with Crippen molar-refractivity contribution < 1.29 is 0 Å². The van der Waals surface area contributed by atoms with Crippen LogP contribution in [0.5, 0.6) is 0 Å². The van der Waals surface area contributed by atoms with Crippen LogP contribution in [0.25, 0.3) is 31.1 Å². The zero-order chi connectivity index (χ0) is 12.1. The van der Waals surface area contributed by atoms with E-state index in [1.165, 1.54) is 11.3 Å². The van der Waals surface area contributed by atoms with Crippen LogP contribution in [0.3, 0.4) is 0 Å². The molecule has 3 aromatic heterocycles. The molecule has 4 aromatic rings. The van der Waals surface area contributed by atoms with Crippen molar-refractivity contribution in [3.63, 3.8) is 0 Å². The first kappa shape index (κ1) is 9.79. The van der Waals surface area contributed by atoms with E-state index in [2.05, 4.69) is 16.0 Å². The number of aromatic nitrogens is 2. The van der Waals surface area contributed by atoms with E-state index >= 15 is 0 Å². The maximum absolute atomic E-state index is 12.1. The Balaban J connectivity index is 2.45. The van der Waals surface area contributed by atoms with Crippen LogP contribution in [-0.4, -0.2) is 9.97 Å². The number of thiophene rings is 1. The summed E-state index contributed by atoms with van der Waals surface area (Å²) in [5.74, 6) is 0. The molecule has 0 bridgehead atoms. The number of benzene rings is 1. The molecule has 0 amide bonds. The highest BCUT2D eigenvalue weighted by molar-refractivity contribution is 7.25. The van der Waals surface area contributed by atoms with Gasteiger partial charge in [0.1, 0.15) is 4.70 Å². The molecule has 0 saturated heterocycles. The summed E-state index contributed by atoms with van der Waals surface area (Å²) >= 11 is 1.53. The first-order chi connectivity index (χ1) is 8.84. The summed E-state index contributed by atoms with van der Waals surface area (Å²) in [5.41, 5.74) is 0.816. The van der Waals surface area contributed by atoms with Crippen molar-refractivity contribution in [2.45, 2.75) is 0 Å². The molecule has 86 valence electrons. The molecule has 0 aliphatic rings. The third kappa shape index (κ3) is 1.18. The second kappa shape index (κ2) is 3.40. The summed E-state index contributed by atoms with van der Waals surface area (Å²) in [6.45, 7) is 0. The van der Waals surface area contributed by atoms with E-state index in [1.807, 2.05) is 30.5 Å². The molecule has 18 heavy (non-hydrogen) atoms. The second-order valence-electron chi connectivity index (χ2n) is 4.18. The molecule has 4 heteroatoms. The van der Waals surface area contributed by atoms with Gasteiger partial charge >= 0.3 is 0 Å². The molecule has 0 fully saturated rings. The quantitative estimate of drug-likeness (QED) is 0.522.